The Balaban J connectivity index is 1.10. The maximum absolute atomic E-state index is 13.3. The molecule has 0 amide bonds. The van der Waals surface area contributed by atoms with Crippen LogP contribution in [0.15, 0.2) is 60.7 Å². The fourth-order valence-electron chi connectivity index (χ4n) is 5.26. The van der Waals surface area contributed by atoms with E-state index in [1.54, 1.807) is 18.2 Å². The molecule has 1 saturated heterocycles. The number of halogens is 4. The van der Waals surface area contributed by atoms with Crippen molar-refractivity contribution >= 4 is 40.2 Å². The quantitative estimate of drug-likeness (QED) is 0.134. The van der Waals surface area contributed by atoms with Crippen LogP contribution in [0.2, 0.25) is 0 Å². The average Bonchev–Trinajstić information content (AvgIpc) is 2.99. The molecule has 0 atom stereocenters. The number of aromatic nitrogens is 1. The van der Waals surface area contributed by atoms with Gasteiger partial charge in [-0.3, -0.25) is 10.1 Å². The van der Waals surface area contributed by atoms with Gasteiger partial charge in [0.1, 0.15) is 23.3 Å². The summed E-state index contributed by atoms with van der Waals surface area (Å²) in [5, 5.41) is 17.8. The Kier molecular flexibility index (Phi) is 9.14. The van der Waals surface area contributed by atoms with Gasteiger partial charge in [0.25, 0.3) is 5.69 Å². The summed E-state index contributed by atoms with van der Waals surface area (Å²) >= 11 is 5.53. The minimum Gasteiger partial charge on any atom is -0.474 e. The number of hydrogen-bond acceptors (Lipinski definition) is 7. The predicted octanol–water partition coefficient (Wildman–Crippen LogP) is 6.47. The SMILES string of the molecule is O=[N+]([O-])c1ccc(N[C@H]2CC[C@H](Oc3cccc(N4CCN(C(=S)Nc5ccc(F)cc5)CC4)n3)CC2)cc1C(F)(F)F. The van der Waals surface area contributed by atoms with Crippen LogP contribution in [0.3, 0.4) is 0 Å². The zero-order chi connectivity index (χ0) is 30.6. The number of thiocarbonyl (C=S) groups is 1. The van der Waals surface area contributed by atoms with E-state index >= 15 is 0 Å². The van der Waals surface area contributed by atoms with E-state index in [9.17, 15) is 27.7 Å². The van der Waals surface area contributed by atoms with Gasteiger partial charge >= 0.3 is 6.18 Å². The van der Waals surface area contributed by atoms with Gasteiger partial charge in [0.2, 0.25) is 5.88 Å². The summed E-state index contributed by atoms with van der Waals surface area (Å²) in [7, 11) is 0. The number of hydrogen-bond donors (Lipinski definition) is 2. The summed E-state index contributed by atoms with van der Waals surface area (Å²) < 4.78 is 59.3. The molecule has 2 fully saturated rings. The third-order valence-electron chi connectivity index (χ3n) is 7.53. The summed E-state index contributed by atoms with van der Waals surface area (Å²) in [6, 6.07) is 14.6. The molecule has 2 aromatic carbocycles. The fourth-order valence-corrected chi connectivity index (χ4v) is 5.56. The van der Waals surface area contributed by atoms with Crippen LogP contribution < -0.4 is 20.3 Å². The maximum atomic E-state index is 13.3. The van der Waals surface area contributed by atoms with Crippen LogP contribution in [0.5, 0.6) is 5.88 Å². The molecule has 14 heteroatoms. The molecule has 0 spiro atoms. The van der Waals surface area contributed by atoms with Crippen LogP contribution in [-0.4, -0.2) is 58.2 Å². The summed E-state index contributed by atoms with van der Waals surface area (Å²) in [5.41, 5.74) is -1.30. The monoisotopic (exact) mass is 618 g/mol. The smallest absolute Gasteiger partial charge is 0.423 e. The molecule has 1 aromatic heterocycles. The van der Waals surface area contributed by atoms with Crippen molar-refractivity contribution in [3.63, 3.8) is 0 Å². The van der Waals surface area contributed by atoms with Crippen molar-refractivity contribution < 1.29 is 27.2 Å². The molecule has 43 heavy (non-hydrogen) atoms. The van der Waals surface area contributed by atoms with E-state index in [1.807, 2.05) is 12.1 Å². The Bertz CT molecular complexity index is 1440. The highest BCUT2D eigenvalue weighted by Crippen LogP contribution is 2.38. The van der Waals surface area contributed by atoms with Gasteiger partial charge < -0.3 is 25.2 Å². The molecule has 2 N–H and O–H groups in total. The fraction of sp³-hybridized carbons (Fsp3) is 0.379. The number of nitrogens with zero attached hydrogens (tertiary/aromatic N) is 4. The number of alkyl halides is 3. The van der Waals surface area contributed by atoms with Crippen molar-refractivity contribution in [2.75, 3.05) is 41.7 Å². The first-order chi connectivity index (χ1) is 20.5. The van der Waals surface area contributed by atoms with Crippen LogP contribution in [-0.2, 0) is 6.18 Å². The van der Waals surface area contributed by atoms with Crippen LogP contribution in [0.4, 0.5) is 40.4 Å². The van der Waals surface area contributed by atoms with Gasteiger partial charge in [-0.05, 0) is 80.4 Å². The van der Waals surface area contributed by atoms with Gasteiger partial charge in [-0.1, -0.05) is 6.07 Å². The lowest BCUT2D eigenvalue weighted by Crippen LogP contribution is -2.50. The van der Waals surface area contributed by atoms with Crippen molar-refractivity contribution in [2.45, 2.75) is 44.0 Å². The molecule has 2 aliphatic rings. The van der Waals surface area contributed by atoms with E-state index in [0.717, 1.165) is 23.6 Å². The summed E-state index contributed by atoms with van der Waals surface area (Å²) in [6.45, 7) is 2.79. The highest BCUT2D eigenvalue weighted by atomic mass is 32.1. The number of anilines is 3. The van der Waals surface area contributed by atoms with Gasteiger partial charge in [-0.25, -0.2) is 4.39 Å². The highest BCUT2D eigenvalue weighted by molar-refractivity contribution is 7.80. The molecule has 3 aromatic rings. The van der Waals surface area contributed by atoms with Crippen molar-refractivity contribution in [1.29, 1.82) is 0 Å². The number of ether oxygens (including phenoxy) is 1. The molecule has 1 saturated carbocycles. The van der Waals surface area contributed by atoms with Crippen LogP contribution in [0, 0.1) is 15.9 Å². The van der Waals surface area contributed by atoms with E-state index in [2.05, 4.69) is 20.4 Å². The van der Waals surface area contributed by atoms with Crippen molar-refractivity contribution in [2.24, 2.45) is 0 Å². The number of pyridine rings is 1. The molecular weight excluding hydrogens is 588 g/mol. The van der Waals surface area contributed by atoms with E-state index in [-0.39, 0.29) is 23.7 Å². The van der Waals surface area contributed by atoms with Gasteiger partial charge in [0, 0.05) is 55.7 Å². The lowest BCUT2D eigenvalue weighted by Gasteiger charge is -2.37. The minimum atomic E-state index is -4.82. The Morgan fingerprint density at radius 2 is 1.65 bits per heavy atom. The normalized spacial score (nSPS) is 19.1. The van der Waals surface area contributed by atoms with Crippen LogP contribution in [0.1, 0.15) is 31.2 Å². The predicted molar refractivity (Wildman–Crippen MR) is 159 cm³/mol. The molecule has 5 rings (SSSR count). The molecule has 0 unspecified atom stereocenters. The second-order valence-electron chi connectivity index (χ2n) is 10.5. The van der Waals surface area contributed by atoms with E-state index in [0.29, 0.717) is 62.9 Å². The van der Waals surface area contributed by atoms with E-state index < -0.39 is 22.4 Å². The Labute approximate surface area is 251 Å². The van der Waals surface area contributed by atoms with Gasteiger partial charge in [0.15, 0.2) is 5.11 Å². The number of rotatable bonds is 7. The van der Waals surface area contributed by atoms with E-state index in [1.165, 1.54) is 18.2 Å². The highest BCUT2D eigenvalue weighted by Gasteiger charge is 2.38. The second kappa shape index (κ2) is 13.0. The average molecular weight is 619 g/mol. The molecule has 2 heterocycles. The van der Waals surface area contributed by atoms with Crippen molar-refractivity contribution in [3.8, 4) is 5.88 Å². The molecule has 9 nitrogen and oxygen atoms in total. The molecule has 228 valence electrons. The number of piperazine rings is 1. The van der Waals surface area contributed by atoms with Gasteiger partial charge in [0.05, 0.1) is 4.92 Å². The molecule has 0 radical (unpaired) electrons. The third kappa shape index (κ3) is 7.80. The van der Waals surface area contributed by atoms with Gasteiger partial charge in [-0.2, -0.15) is 18.2 Å². The maximum Gasteiger partial charge on any atom is 0.423 e. The number of nitro groups is 1. The summed E-state index contributed by atoms with van der Waals surface area (Å²) in [6.07, 6.45) is -2.22. The van der Waals surface area contributed by atoms with Crippen molar-refractivity contribution in [3.05, 3.63) is 82.2 Å². The van der Waals surface area contributed by atoms with Gasteiger partial charge in [-0.15, -0.1) is 0 Å². The summed E-state index contributed by atoms with van der Waals surface area (Å²) in [5.74, 6) is 0.998. The van der Waals surface area contributed by atoms with E-state index in [4.69, 9.17) is 21.9 Å². The largest absolute Gasteiger partial charge is 0.474 e. The summed E-state index contributed by atoms with van der Waals surface area (Å²) in [4.78, 5) is 18.9. The Morgan fingerprint density at radius 1 is 0.977 bits per heavy atom. The lowest BCUT2D eigenvalue weighted by atomic mass is 9.92. The number of benzene rings is 2. The Morgan fingerprint density at radius 3 is 2.30 bits per heavy atom. The topological polar surface area (TPSA) is 95.8 Å². The molecule has 1 aliphatic carbocycles. The minimum absolute atomic E-state index is 0.0818. The standard InChI is InChI=1S/C29H30F4N6O3S/c30-19-4-6-21(7-5-19)35-28(43)38-16-14-37(15-17-38)26-2-1-3-27(36-26)42-23-11-8-20(9-12-23)34-22-10-13-25(39(40)41)24(18-22)29(31,32)33/h1-7,10,13,18,20,23,34H,8-9,11-12,14-17H2,(H,35,43)/t20-,23-. The first kappa shape index (κ1) is 30.3. The number of nitrogens with one attached hydrogen (secondary N) is 2. The Hall–Kier alpha value is -4.20. The number of nitro benzene ring substituents is 1. The zero-order valence-corrected chi connectivity index (χ0v) is 23.8. The first-order valence-corrected chi connectivity index (χ1v) is 14.3. The lowest BCUT2D eigenvalue weighted by molar-refractivity contribution is -0.388. The van der Waals surface area contributed by atoms with Crippen LogP contribution >= 0.6 is 12.2 Å². The third-order valence-corrected chi connectivity index (χ3v) is 7.89. The molecule has 1 aliphatic heterocycles. The first-order valence-electron chi connectivity index (χ1n) is 13.9. The zero-order valence-electron chi connectivity index (χ0n) is 23.0. The van der Waals surface area contributed by atoms with Crippen molar-refractivity contribution in [1.82, 2.24) is 9.88 Å². The molecule has 0 bridgehead atoms. The second-order valence-corrected chi connectivity index (χ2v) is 10.9. The molecular formula is C29H30F4N6O3S. The van der Waals surface area contributed by atoms with Crippen LogP contribution in [0.25, 0.3) is 0 Å².